The van der Waals surface area contributed by atoms with E-state index in [9.17, 15) is 9.90 Å². The van der Waals surface area contributed by atoms with Crippen LogP contribution in [0.3, 0.4) is 0 Å². The van der Waals surface area contributed by atoms with Gasteiger partial charge in [0.1, 0.15) is 0 Å². The van der Waals surface area contributed by atoms with Crippen molar-refractivity contribution in [2.45, 2.75) is 31.4 Å². The number of hydrogen-bond acceptors (Lipinski definition) is 3. The Morgan fingerprint density at radius 3 is 1.97 bits per heavy atom. The Morgan fingerprint density at radius 1 is 0.844 bits per heavy atom. The van der Waals surface area contributed by atoms with E-state index in [4.69, 9.17) is 0 Å². The van der Waals surface area contributed by atoms with Crippen LogP contribution < -0.4 is 5.32 Å². The predicted octanol–water partition coefficient (Wildman–Crippen LogP) is 4.53. The molecule has 0 spiro atoms. The Balaban J connectivity index is 1.32. The van der Waals surface area contributed by atoms with Gasteiger partial charge < -0.3 is 10.4 Å². The van der Waals surface area contributed by atoms with Crippen molar-refractivity contribution in [3.05, 3.63) is 108 Å². The van der Waals surface area contributed by atoms with E-state index >= 15 is 0 Å². The van der Waals surface area contributed by atoms with Crippen LogP contribution in [0.2, 0.25) is 0 Å². The van der Waals surface area contributed by atoms with Crippen LogP contribution in [0.1, 0.15) is 41.7 Å². The van der Waals surface area contributed by atoms with E-state index in [2.05, 4.69) is 34.5 Å². The van der Waals surface area contributed by atoms with Crippen molar-refractivity contribution in [1.82, 2.24) is 10.2 Å². The lowest BCUT2D eigenvalue weighted by molar-refractivity contribution is -0.123. The van der Waals surface area contributed by atoms with Gasteiger partial charge in [-0.25, -0.2) is 0 Å². The highest BCUT2D eigenvalue weighted by Crippen LogP contribution is 2.30. The van der Waals surface area contributed by atoms with E-state index in [-0.39, 0.29) is 17.9 Å². The van der Waals surface area contributed by atoms with Crippen molar-refractivity contribution in [1.29, 1.82) is 0 Å². The molecule has 0 unspecified atom stereocenters. The van der Waals surface area contributed by atoms with Gasteiger partial charge >= 0.3 is 0 Å². The Kier molecular flexibility index (Phi) is 7.70. The van der Waals surface area contributed by atoms with Gasteiger partial charge in [-0.15, -0.1) is 0 Å². The molecule has 0 radical (unpaired) electrons. The maximum Gasteiger partial charge on any atom is 0.234 e. The van der Waals surface area contributed by atoms with Crippen LogP contribution in [0, 0.1) is 5.92 Å². The average molecular weight is 429 g/mol. The standard InChI is InChI=1S/C28H32N2O2/c31-27(21-30-18-16-25(17-19-30)28(32)24-14-8-3-9-15-24)29-26(23-12-6-2-7-13-23)20-22-10-4-1-5-11-22/h1-15,25-26,28,32H,16-21H2,(H,29,31)/t26-,28-/m1/s1. The van der Waals surface area contributed by atoms with Crippen LogP contribution in [-0.2, 0) is 11.2 Å². The minimum Gasteiger partial charge on any atom is -0.388 e. The van der Waals surface area contributed by atoms with E-state index in [0.29, 0.717) is 6.54 Å². The van der Waals surface area contributed by atoms with Gasteiger partial charge in [-0.1, -0.05) is 91.0 Å². The number of rotatable bonds is 8. The summed E-state index contributed by atoms with van der Waals surface area (Å²) < 4.78 is 0. The molecule has 1 aliphatic heterocycles. The molecule has 0 aliphatic carbocycles. The van der Waals surface area contributed by atoms with Gasteiger partial charge in [-0.3, -0.25) is 9.69 Å². The lowest BCUT2D eigenvalue weighted by atomic mass is 9.87. The number of nitrogens with one attached hydrogen (secondary N) is 1. The van der Waals surface area contributed by atoms with Crippen LogP contribution >= 0.6 is 0 Å². The fourth-order valence-electron chi connectivity index (χ4n) is 4.58. The van der Waals surface area contributed by atoms with Crippen LogP contribution in [0.25, 0.3) is 0 Å². The number of aliphatic hydroxyl groups excluding tert-OH is 1. The van der Waals surface area contributed by atoms with Gasteiger partial charge in [-0.05, 0) is 55.0 Å². The first-order valence-electron chi connectivity index (χ1n) is 11.5. The second-order valence-corrected chi connectivity index (χ2v) is 8.69. The molecule has 0 aromatic heterocycles. The monoisotopic (exact) mass is 428 g/mol. The largest absolute Gasteiger partial charge is 0.388 e. The summed E-state index contributed by atoms with van der Waals surface area (Å²) in [6, 6.07) is 30.3. The Labute approximate surface area is 190 Å². The molecule has 32 heavy (non-hydrogen) atoms. The van der Waals surface area contributed by atoms with E-state index in [1.54, 1.807) is 0 Å². The van der Waals surface area contributed by atoms with Crippen molar-refractivity contribution in [2.75, 3.05) is 19.6 Å². The van der Waals surface area contributed by atoms with Gasteiger partial charge in [0.25, 0.3) is 0 Å². The summed E-state index contributed by atoms with van der Waals surface area (Å²) in [4.78, 5) is 15.1. The number of nitrogens with zero attached hydrogens (tertiary/aromatic N) is 1. The Bertz CT molecular complexity index is 954. The van der Waals surface area contributed by atoms with E-state index in [1.165, 1.54) is 5.56 Å². The summed E-state index contributed by atoms with van der Waals surface area (Å²) in [6.45, 7) is 2.06. The quantitative estimate of drug-likeness (QED) is 0.554. The Hall–Kier alpha value is -2.95. The zero-order valence-corrected chi connectivity index (χ0v) is 18.4. The molecule has 1 heterocycles. The number of aliphatic hydroxyl groups is 1. The molecular formula is C28H32N2O2. The molecule has 4 nitrogen and oxygen atoms in total. The van der Waals surface area contributed by atoms with Crippen molar-refractivity contribution in [2.24, 2.45) is 5.92 Å². The fourth-order valence-corrected chi connectivity index (χ4v) is 4.58. The lowest BCUT2D eigenvalue weighted by Crippen LogP contribution is -2.43. The molecule has 166 valence electrons. The minimum absolute atomic E-state index is 0.0523. The van der Waals surface area contributed by atoms with Crippen LogP contribution in [0.15, 0.2) is 91.0 Å². The molecule has 3 aromatic carbocycles. The maximum absolute atomic E-state index is 12.9. The first-order chi connectivity index (χ1) is 15.7. The number of likely N-dealkylation sites (tertiary alicyclic amines) is 1. The summed E-state index contributed by atoms with van der Waals surface area (Å²) in [5, 5.41) is 14.0. The van der Waals surface area contributed by atoms with Crippen molar-refractivity contribution < 1.29 is 9.90 Å². The zero-order valence-electron chi connectivity index (χ0n) is 18.4. The molecule has 0 bridgehead atoms. The topological polar surface area (TPSA) is 52.6 Å². The van der Waals surface area contributed by atoms with Gasteiger partial charge in [0.2, 0.25) is 5.91 Å². The molecule has 4 rings (SSSR count). The lowest BCUT2D eigenvalue weighted by Gasteiger charge is -2.34. The number of amides is 1. The van der Waals surface area contributed by atoms with E-state index < -0.39 is 6.10 Å². The highest BCUT2D eigenvalue weighted by atomic mass is 16.3. The SMILES string of the molecule is O=C(CN1CCC([C@H](O)c2ccccc2)CC1)N[C@H](Cc1ccccc1)c1ccccc1. The van der Waals surface area contributed by atoms with E-state index in [1.807, 2.05) is 66.7 Å². The predicted molar refractivity (Wildman–Crippen MR) is 128 cm³/mol. The Morgan fingerprint density at radius 2 is 1.38 bits per heavy atom. The third-order valence-electron chi connectivity index (χ3n) is 6.41. The molecule has 2 atom stereocenters. The maximum atomic E-state index is 12.9. The third-order valence-corrected chi connectivity index (χ3v) is 6.41. The molecular weight excluding hydrogens is 396 g/mol. The van der Waals surface area contributed by atoms with Gasteiger partial charge in [0.15, 0.2) is 0 Å². The second kappa shape index (κ2) is 11.1. The van der Waals surface area contributed by atoms with Gasteiger partial charge in [0, 0.05) is 0 Å². The average Bonchev–Trinajstić information content (AvgIpc) is 2.85. The normalized spacial score (nSPS) is 16.9. The number of carbonyl (C=O) groups is 1. The van der Waals surface area contributed by atoms with Crippen LogP contribution in [0.5, 0.6) is 0 Å². The number of hydrogen-bond donors (Lipinski definition) is 2. The summed E-state index contributed by atoms with van der Waals surface area (Å²) in [7, 11) is 0. The molecule has 1 fully saturated rings. The van der Waals surface area contributed by atoms with E-state index in [0.717, 1.165) is 43.5 Å². The molecule has 3 aromatic rings. The second-order valence-electron chi connectivity index (χ2n) is 8.69. The number of carbonyl (C=O) groups excluding carboxylic acids is 1. The first kappa shape index (κ1) is 22.3. The van der Waals surface area contributed by atoms with Crippen molar-refractivity contribution >= 4 is 5.91 Å². The molecule has 1 amide bonds. The summed E-state index contributed by atoms with van der Waals surface area (Å²) in [5.41, 5.74) is 3.31. The van der Waals surface area contributed by atoms with Gasteiger partial charge in [0.05, 0.1) is 18.7 Å². The minimum atomic E-state index is -0.430. The first-order valence-corrected chi connectivity index (χ1v) is 11.5. The summed E-state index contributed by atoms with van der Waals surface area (Å²) >= 11 is 0. The molecule has 0 saturated carbocycles. The fraction of sp³-hybridized carbons (Fsp3) is 0.321. The number of benzene rings is 3. The van der Waals surface area contributed by atoms with Crippen molar-refractivity contribution in [3.63, 3.8) is 0 Å². The zero-order chi connectivity index (χ0) is 22.2. The highest BCUT2D eigenvalue weighted by molar-refractivity contribution is 5.78. The summed E-state index contributed by atoms with van der Waals surface area (Å²) in [5.74, 6) is 0.295. The molecule has 4 heteroatoms. The van der Waals surface area contributed by atoms with Crippen molar-refractivity contribution in [3.8, 4) is 0 Å². The van der Waals surface area contributed by atoms with Gasteiger partial charge in [-0.2, -0.15) is 0 Å². The summed E-state index contributed by atoms with van der Waals surface area (Å²) in [6.07, 6.45) is 2.13. The van der Waals surface area contributed by atoms with Crippen LogP contribution in [0.4, 0.5) is 0 Å². The third kappa shape index (κ3) is 6.06. The molecule has 2 N–H and O–H groups in total. The molecule has 1 saturated heterocycles. The highest BCUT2D eigenvalue weighted by Gasteiger charge is 2.27. The van der Waals surface area contributed by atoms with Crippen LogP contribution in [-0.4, -0.2) is 35.5 Å². The molecule has 1 aliphatic rings. The smallest absolute Gasteiger partial charge is 0.234 e. The number of piperidine rings is 1.